The van der Waals surface area contributed by atoms with Gasteiger partial charge in [0.25, 0.3) is 0 Å². The summed E-state index contributed by atoms with van der Waals surface area (Å²) in [6.07, 6.45) is 5.64. The van der Waals surface area contributed by atoms with E-state index in [4.69, 9.17) is 4.74 Å². The first-order chi connectivity index (χ1) is 6.33. The van der Waals surface area contributed by atoms with Crippen molar-refractivity contribution in [3.05, 3.63) is 0 Å². The molecule has 78 valence electrons. The highest BCUT2D eigenvalue weighted by atomic mass is 16.5. The van der Waals surface area contributed by atoms with Crippen molar-refractivity contribution in [1.82, 2.24) is 5.32 Å². The molecule has 1 heterocycles. The van der Waals surface area contributed by atoms with Crippen LogP contribution >= 0.6 is 0 Å². The van der Waals surface area contributed by atoms with Gasteiger partial charge in [-0.2, -0.15) is 0 Å². The molecule has 0 saturated carbocycles. The topological polar surface area (TPSA) is 41.5 Å². The number of piperidine rings is 1. The second kappa shape index (κ2) is 5.58. The van der Waals surface area contributed by atoms with Gasteiger partial charge >= 0.3 is 0 Å². The second-order valence-electron chi connectivity index (χ2n) is 3.92. The largest absolute Gasteiger partial charge is 0.394 e. The molecule has 1 fully saturated rings. The third kappa shape index (κ3) is 3.25. The summed E-state index contributed by atoms with van der Waals surface area (Å²) >= 11 is 0. The van der Waals surface area contributed by atoms with Crippen molar-refractivity contribution in [3.63, 3.8) is 0 Å². The molecule has 1 aliphatic rings. The van der Waals surface area contributed by atoms with Gasteiger partial charge in [-0.3, -0.25) is 0 Å². The van der Waals surface area contributed by atoms with Crippen LogP contribution in [0.4, 0.5) is 0 Å². The fraction of sp³-hybridized carbons (Fsp3) is 1.00. The Labute approximate surface area is 80.5 Å². The highest BCUT2D eigenvalue weighted by Crippen LogP contribution is 2.23. The van der Waals surface area contributed by atoms with Crippen molar-refractivity contribution < 1.29 is 9.84 Å². The molecule has 1 aliphatic heterocycles. The number of rotatable bonds is 5. The number of hydrogen-bond donors (Lipinski definition) is 2. The Hall–Kier alpha value is -0.120. The van der Waals surface area contributed by atoms with E-state index in [1.807, 2.05) is 0 Å². The fourth-order valence-electron chi connectivity index (χ4n) is 2.01. The molecule has 2 N–H and O–H groups in total. The van der Waals surface area contributed by atoms with Crippen molar-refractivity contribution in [2.24, 2.45) is 0 Å². The van der Waals surface area contributed by atoms with Gasteiger partial charge in [-0.05, 0) is 32.2 Å². The maximum atomic E-state index is 9.34. The molecule has 3 heteroatoms. The summed E-state index contributed by atoms with van der Waals surface area (Å²) in [6, 6.07) is 0. The number of ether oxygens (including phenoxy) is 1. The minimum atomic E-state index is -0.00319. The Morgan fingerprint density at radius 2 is 2.31 bits per heavy atom. The molecule has 0 spiro atoms. The third-order valence-corrected chi connectivity index (χ3v) is 2.89. The Morgan fingerprint density at radius 3 is 2.85 bits per heavy atom. The molecular weight excluding hydrogens is 166 g/mol. The van der Waals surface area contributed by atoms with E-state index in [2.05, 4.69) is 5.32 Å². The highest BCUT2D eigenvalue weighted by molar-refractivity contribution is 4.90. The predicted molar refractivity (Wildman–Crippen MR) is 52.8 cm³/mol. The number of nitrogens with one attached hydrogen (secondary N) is 1. The number of hydrogen-bond acceptors (Lipinski definition) is 3. The van der Waals surface area contributed by atoms with E-state index in [9.17, 15) is 5.11 Å². The van der Waals surface area contributed by atoms with Crippen molar-refractivity contribution in [2.45, 2.75) is 37.6 Å². The second-order valence-corrected chi connectivity index (χ2v) is 3.92. The van der Waals surface area contributed by atoms with Crippen molar-refractivity contribution in [2.75, 3.05) is 26.9 Å². The van der Waals surface area contributed by atoms with Crippen LogP contribution in [0.2, 0.25) is 0 Å². The maximum absolute atomic E-state index is 9.34. The normalized spacial score (nSPS) is 29.1. The first kappa shape index (κ1) is 11.0. The van der Waals surface area contributed by atoms with Crippen LogP contribution in [-0.4, -0.2) is 37.5 Å². The van der Waals surface area contributed by atoms with E-state index >= 15 is 0 Å². The third-order valence-electron chi connectivity index (χ3n) is 2.89. The molecule has 0 aromatic carbocycles. The number of aliphatic hydroxyl groups excluding tert-OH is 1. The van der Waals surface area contributed by atoms with E-state index in [1.54, 1.807) is 7.11 Å². The van der Waals surface area contributed by atoms with Crippen LogP contribution in [0.25, 0.3) is 0 Å². The van der Waals surface area contributed by atoms with E-state index in [1.165, 1.54) is 12.8 Å². The summed E-state index contributed by atoms with van der Waals surface area (Å²) in [7, 11) is 1.72. The van der Waals surface area contributed by atoms with Crippen LogP contribution in [0.15, 0.2) is 0 Å². The summed E-state index contributed by atoms with van der Waals surface area (Å²) in [6.45, 7) is 2.10. The van der Waals surface area contributed by atoms with E-state index in [-0.39, 0.29) is 12.1 Å². The fourth-order valence-corrected chi connectivity index (χ4v) is 2.01. The molecule has 1 rings (SSSR count). The quantitative estimate of drug-likeness (QED) is 0.629. The molecule has 13 heavy (non-hydrogen) atoms. The average molecular weight is 187 g/mol. The van der Waals surface area contributed by atoms with Crippen LogP contribution in [0.1, 0.15) is 32.1 Å². The van der Waals surface area contributed by atoms with Crippen molar-refractivity contribution in [1.29, 1.82) is 0 Å². The number of aliphatic hydroxyl groups is 1. The standard InChI is InChI=1S/C10H21NO2/c1-13-8-4-6-10(9-12)5-2-3-7-11-10/h11-12H,2-9H2,1H3. The summed E-state index contributed by atoms with van der Waals surface area (Å²) in [5.74, 6) is 0. The van der Waals surface area contributed by atoms with Crippen LogP contribution in [0.3, 0.4) is 0 Å². The summed E-state index contributed by atoms with van der Waals surface area (Å²) in [5, 5.41) is 12.8. The Balaban J connectivity index is 2.29. The van der Waals surface area contributed by atoms with Crippen LogP contribution in [0, 0.1) is 0 Å². The Bertz CT molecular complexity index is 133. The number of methoxy groups -OCH3 is 1. The van der Waals surface area contributed by atoms with Crippen molar-refractivity contribution in [3.8, 4) is 0 Å². The lowest BCUT2D eigenvalue weighted by Gasteiger charge is -2.37. The van der Waals surface area contributed by atoms with Crippen molar-refractivity contribution >= 4 is 0 Å². The van der Waals surface area contributed by atoms with Gasteiger partial charge in [0.2, 0.25) is 0 Å². The molecule has 1 atom stereocenters. The molecule has 1 unspecified atom stereocenters. The van der Waals surface area contributed by atoms with Crippen LogP contribution < -0.4 is 5.32 Å². The zero-order valence-electron chi connectivity index (χ0n) is 8.51. The monoisotopic (exact) mass is 187 g/mol. The molecule has 3 nitrogen and oxygen atoms in total. The molecule has 1 saturated heterocycles. The SMILES string of the molecule is COCCCC1(CO)CCCCN1. The minimum absolute atomic E-state index is 0.00319. The van der Waals surface area contributed by atoms with Gasteiger partial charge < -0.3 is 15.2 Å². The molecular formula is C10H21NO2. The van der Waals surface area contributed by atoms with Gasteiger partial charge in [0.05, 0.1) is 6.61 Å². The first-order valence-electron chi connectivity index (χ1n) is 5.18. The van der Waals surface area contributed by atoms with E-state index in [0.29, 0.717) is 0 Å². The summed E-state index contributed by atoms with van der Waals surface area (Å²) in [4.78, 5) is 0. The van der Waals surface area contributed by atoms with Gasteiger partial charge in [0.15, 0.2) is 0 Å². The minimum Gasteiger partial charge on any atom is -0.394 e. The van der Waals surface area contributed by atoms with Crippen LogP contribution in [-0.2, 0) is 4.74 Å². The molecule has 0 aromatic heterocycles. The lowest BCUT2D eigenvalue weighted by Crippen LogP contribution is -2.51. The molecule has 0 aliphatic carbocycles. The summed E-state index contributed by atoms with van der Waals surface area (Å²) in [5.41, 5.74) is -0.00319. The zero-order valence-corrected chi connectivity index (χ0v) is 8.51. The molecule has 0 aromatic rings. The Kier molecular flexibility index (Phi) is 4.70. The van der Waals surface area contributed by atoms with Gasteiger partial charge in [0.1, 0.15) is 0 Å². The molecule has 0 amide bonds. The first-order valence-corrected chi connectivity index (χ1v) is 5.18. The van der Waals surface area contributed by atoms with E-state index in [0.717, 1.165) is 32.4 Å². The predicted octanol–water partition coefficient (Wildman–Crippen LogP) is 0.918. The lowest BCUT2D eigenvalue weighted by atomic mass is 9.85. The van der Waals surface area contributed by atoms with Gasteiger partial charge in [0, 0.05) is 19.3 Å². The van der Waals surface area contributed by atoms with Gasteiger partial charge in [-0.1, -0.05) is 6.42 Å². The van der Waals surface area contributed by atoms with Gasteiger partial charge in [-0.15, -0.1) is 0 Å². The summed E-state index contributed by atoms with van der Waals surface area (Å²) < 4.78 is 5.01. The Morgan fingerprint density at radius 1 is 1.46 bits per heavy atom. The molecule has 0 bridgehead atoms. The lowest BCUT2D eigenvalue weighted by molar-refractivity contribution is 0.107. The highest BCUT2D eigenvalue weighted by Gasteiger charge is 2.29. The maximum Gasteiger partial charge on any atom is 0.0613 e. The zero-order chi connectivity index (χ0) is 9.57. The average Bonchev–Trinajstić information content (AvgIpc) is 2.20. The van der Waals surface area contributed by atoms with Crippen LogP contribution in [0.5, 0.6) is 0 Å². The smallest absolute Gasteiger partial charge is 0.0613 e. The molecule has 0 radical (unpaired) electrons. The van der Waals surface area contributed by atoms with E-state index < -0.39 is 0 Å². The van der Waals surface area contributed by atoms with Gasteiger partial charge in [-0.25, -0.2) is 0 Å².